The first-order chi connectivity index (χ1) is 17.0. The highest BCUT2D eigenvalue weighted by atomic mass is 32.2. The number of urea groups is 1. The molecule has 0 spiro atoms. The van der Waals surface area contributed by atoms with Gasteiger partial charge in [-0.2, -0.15) is 0 Å². The van der Waals surface area contributed by atoms with E-state index in [0.717, 1.165) is 18.2 Å². The number of anilines is 1. The lowest BCUT2D eigenvalue weighted by Crippen LogP contribution is -2.35. The van der Waals surface area contributed by atoms with Crippen molar-refractivity contribution in [3.05, 3.63) is 52.8 Å². The van der Waals surface area contributed by atoms with Crippen LogP contribution in [0.2, 0.25) is 0 Å². The van der Waals surface area contributed by atoms with Crippen LogP contribution in [0.25, 0.3) is 16.7 Å². The normalized spacial score (nSPS) is 12.6. The average molecular weight is 495 g/mol. The zero-order valence-electron chi connectivity index (χ0n) is 18.8. The third kappa shape index (κ3) is 4.52. The minimum atomic E-state index is -0.666. The third-order valence-corrected chi connectivity index (χ3v) is 6.24. The number of benzene rings is 2. The minimum absolute atomic E-state index is 0.0728. The second-order valence-corrected chi connectivity index (χ2v) is 8.68. The maximum absolute atomic E-state index is 12.9. The lowest BCUT2D eigenvalue weighted by atomic mass is 10.2. The Morgan fingerprint density at radius 2 is 1.89 bits per heavy atom. The number of nitrogens with zero attached hydrogens (tertiary/aromatic N) is 4. The Morgan fingerprint density at radius 1 is 1.09 bits per heavy atom. The predicted molar refractivity (Wildman–Crippen MR) is 130 cm³/mol. The van der Waals surface area contributed by atoms with Gasteiger partial charge in [0.25, 0.3) is 5.56 Å². The fraction of sp³-hybridized carbons (Fsp3) is 0.261. The molecule has 1 aliphatic rings. The number of nitrogens with one attached hydrogen (secondary N) is 2. The van der Waals surface area contributed by atoms with Crippen LogP contribution in [0.3, 0.4) is 0 Å². The monoisotopic (exact) mass is 494 g/mol. The number of carbonyl (C=O) groups is 2. The van der Waals surface area contributed by atoms with Crippen LogP contribution >= 0.6 is 11.8 Å². The molecule has 11 nitrogen and oxygen atoms in total. The summed E-state index contributed by atoms with van der Waals surface area (Å²) in [5.41, 5.74) is 0.993. The van der Waals surface area contributed by atoms with E-state index in [9.17, 15) is 14.4 Å². The van der Waals surface area contributed by atoms with Gasteiger partial charge in [0.2, 0.25) is 11.7 Å². The Balaban J connectivity index is 1.29. The fourth-order valence-corrected chi connectivity index (χ4v) is 4.57. The third-order valence-electron chi connectivity index (χ3n) is 5.31. The van der Waals surface area contributed by atoms with Gasteiger partial charge in [-0.3, -0.25) is 23.9 Å². The summed E-state index contributed by atoms with van der Waals surface area (Å²) in [6, 6.07) is 11.5. The van der Waals surface area contributed by atoms with Crippen molar-refractivity contribution in [3.63, 3.8) is 0 Å². The average Bonchev–Trinajstić information content (AvgIpc) is 3.29. The summed E-state index contributed by atoms with van der Waals surface area (Å²) in [6.45, 7) is 3.38. The van der Waals surface area contributed by atoms with Gasteiger partial charge >= 0.3 is 6.03 Å². The van der Waals surface area contributed by atoms with Gasteiger partial charge < -0.3 is 14.8 Å². The number of fused-ring (bicyclic) bond motifs is 4. The number of ether oxygens (including phenoxy) is 2. The predicted octanol–water partition coefficient (Wildman–Crippen LogP) is 2.67. The number of rotatable bonds is 6. The second-order valence-electron chi connectivity index (χ2n) is 7.74. The highest BCUT2D eigenvalue weighted by Crippen LogP contribution is 2.32. The van der Waals surface area contributed by atoms with Gasteiger partial charge in [-0.25, -0.2) is 4.79 Å². The van der Waals surface area contributed by atoms with E-state index in [1.807, 2.05) is 19.1 Å². The number of imide groups is 1. The van der Waals surface area contributed by atoms with Gasteiger partial charge in [-0.05, 0) is 30.7 Å². The van der Waals surface area contributed by atoms with Crippen LogP contribution in [0.4, 0.5) is 10.5 Å². The number of hydrogen-bond donors (Lipinski definition) is 2. The van der Waals surface area contributed by atoms with Crippen LogP contribution in [0.1, 0.15) is 13.3 Å². The van der Waals surface area contributed by atoms with Gasteiger partial charge in [0.05, 0.1) is 16.7 Å². The lowest BCUT2D eigenvalue weighted by molar-refractivity contribution is -0.117. The van der Waals surface area contributed by atoms with Gasteiger partial charge in [-0.15, -0.1) is 10.2 Å². The standard InChI is InChI=1S/C23H22N6O5S/c1-2-9-28-20(31)15-5-3-4-6-16(15)29-22(28)26-27-23(29)35-13-19(30)25-21(32)24-14-7-8-17-18(12-14)34-11-10-33-17/h3-8,12H,2,9-11,13H2,1H3,(H2,24,25,30,32). The molecule has 0 saturated heterocycles. The topological polar surface area (TPSA) is 129 Å². The summed E-state index contributed by atoms with van der Waals surface area (Å²) in [5.74, 6) is 0.967. The van der Waals surface area contributed by atoms with Gasteiger partial charge in [0, 0.05) is 18.3 Å². The van der Waals surface area contributed by atoms with Gasteiger partial charge in [0.1, 0.15) is 13.2 Å². The largest absolute Gasteiger partial charge is 0.486 e. The van der Waals surface area contributed by atoms with Crippen molar-refractivity contribution in [3.8, 4) is 11.5 Å². The Bertz CT molecular complexity index is 1500. The van der Waals surface area contributed by atoms with Crippen molar-refractivity contribution in [2.45, 2.75) is 25.0 Å². The summed E-state index contributed by atoms with van der Waals surface area (Å²) in [7, 11) is 0. The van der Waals surface area contributed by atoms with E-state index in [4.69, 9.17) is 9.47 Å². The van der Waals surface area contributed by atoms with Crippen molar-refractivity contribution in [2.75, 3.05) is 24.3 Å². The fourth-order valence-electron chi connectivity index (χ4n) is 3.83. The maximum Gasteiger partial charge on any atom is 0.325 e. The van der Waals surface area contributed by atoms with Crippen LogP contribution < -0.4 is 25.7 Å². The Hall–Kier alpha value is -4.06. The van der Waals surface area contributed by atoms with E-state index in [2.05, 4.69) is 20.8 Å². The number of hydrogen-bond acceptors (Lipinski definition) is 8. The summed E-state index contributed by atoms with van der Waals surface area (Å²) in [6.07, 6.45) is 0.754. The van der Waals surface area contributed by atoms with E-state index in [0.29, 0.717) is 58.8 Å². The molecule has 35 heavy (non-hydrogen) atoms. The molecule has 2 N–H and O–H groups in total. The van der Waals surface area contributed by atoms with Crippen LogP contribution in [0.5, 0.6) is 11.5 Å². The van der Waals surface area contributed by atoms with E-state index in [-0.39, 0.29) is 11.3 Å². The minimum Gasteiger partial charge on any atom is -0.486 e. The first-order valence-electron chi connectivity index (χ1n) is 11.0. The zero-order valence-corrected chi connectivity index (χ0v) is 19.6. The van der Waals surface area contributed by atoms with Crippen LogP contribution in [-0.4, -0.2) is 50.1 Å². The summed E-state index contributed by atoms with van der Waals surface area (Å²) >= 11 is 1.12. The van der Waals surface area contributed by atoms with E-state index in [1.165, 1.54) is 0 Å². The molecule has 0 aliphatic carbocycles. The molecule has 0 unspecified atom stereocenters. The van der Waals surface area contributed by atoms with Crippen molar-refractivity contribution < 1.29 is 19.1 Å². The Labute approximate surface area is 203 Å². The SMILES string of the molecule is CCCn1c(=O)c2ccccc2n2c(SCC(=O)NC(=O)Nc3ccc4c(c3)OCCO4)nnc12. The second kappa shape index (κ2) is 9.66. The van der Waals surface area contributed by atoms with Crippen LogP contribution in [-0.2, 0) is 11.3 Å². The smallest absolute Gasteiger partial charge is 0.325 e. The van der Waals surface area contributed by atoms with E-state index < -0.39 is 11.9 Å². The molecule has 0 fully saturated rings. The molecule has 0 radical (unpaired) electrons. The number of aromatic nitrogens is 4. The Morgan fingerprint density at radius 3 is 2.71 bits per heavy atom. The molecule has 180 valence electrons. The quantitative estimate of drug-likeness (QED) is 0.392. The molecule has 3 amide bonds. The van der Waals surface area contributed by atoms with E-state index in [1.54, 1.807) is 39.3 Å². The molecule has 0 saturated carbocycles. The van der Waals surface area contributed by atoms with Crippen LogP contribution in [0.15, 0.2) is 52.4 Å². The molecule has 4 aromatic rings. The maximum atomic E-state index is 12.9. The molecule has 5 rings (SSSR count). The Kier molecular flexibility index (Phi) is 6.27. The lowest BCUT2D eigenvalue weighted by Gasteiger charge is -2.19. The van der Waals surface area contributed by atoms with Crippen LogP contribution in [0, 0.1) is 0 Å². The van der Waals surface area contributed by atoms with Gasteiger partial charge in [-0.1, -0.05) is 30.8 Å². The molecular formula is C23H22N6O5S. The number of aryl methyl sites for hydroxylation is 1. The van der Waals surface area contributed by atoms with Crippen molar-refractivity contribution >= 4 is 46.1 Å². The number of carbonyl (C=O) groups excluding carboxylic acids is 2. The molecular weight excluding hydrogens is 472 g/mol. The molecule has 2 aromatic carbocycles. The van der Waals surface area contributed by atoms with Crippen molar-refractivity contribution in [1.29, 1.82) is 0 Å². The molecule has 0 atom stereocenters. The van der Waals surface area contributed by atoms with Gasteiger partial charge in [0.15, 0.2) is 16.7 Å². The highest BCUT2D eigenvalue weighted by molar-refractivity contribution is 7.99. The summed E-state index contributed by atoms with van der Waals surface area (Å²) in [4.78, 5) is 37.7. The molecule has 1 aliphatic heterocycles. The molecule has 3 heterocycles. The summed E-state index contributed by atoms with van der Waals surface area (Å²) in [5, 5.41) is 14.3. The molecule has 12 heteroatoms. The first kappa shape index (κ1) is 22.7. The molecule has 2 aromatic heterocycles. The van der Waals surface area contributed by atoms with E-state index >= 15 is 0 Å². The highest BCUT2D eigenvalue weighted by Gasteiger charge is 2.18. The zero-order chi connectivity index (χ0) is 24.4. The van der Waals surface area contributed by atoms with Crippen molar-refractivity contribution in [1.82, 2.24) is 24.5 Å². The number of para-hydroxylation sites is 1. The summed E-state index contributed by atoms with van der Waals surface area (Å²) < 4.78 is 14.3. The first-order valence-corrected chi connectivity index (χ1v) is 12.0. The number of thioether (sulfide) groups is 1. The molecule has 0 bridgehead atoms. The number of amides is 3. The van der Waals surface area contributed by atoms with Crippen molar-refractivity contribution in [2.24, 2.45) is 0 Å².